The molecular weight excluding hydrogens is 385 g/mol. The van der Waals surface area contributed by atoms with Gasteiger partial charge in [-0.2, -0.15) is 0 Å². The van der Waals surface area contributed by atoms with Gasteiger partial charge in [-0.3, -0.25) is 0 Å². The van der Waals surface area contributed by atoms with Crippen LogP contribution in [0.3, 0.4) is 0 Å². The van der Waals surface area contributed by atoms with E-state index in [1.54, 1.807) is 12.1 Å². The molecule has 2 heterocycles. The monoisotopic (exact) mass is 408 g/mol. The van der Waals surface area contributed by atoms with E-state index in [1.165, 1.54) is 28.3 Å². The van der Waals surface area contributed by atoms with Crippen LogP contribution < -0.4 is 15.0 Å². The van der Waals surface area contributed by atoms with Crippen LogP contribution in [0.2, 0.25) is 0 Å². The largest absolute Gasteiger partial charge is 0.573 e. The Kier molecular flexibility index (Phi) is 5.73. The van der Waals surface area contributed by atoms with Gasteiger partial charge in [-0.05, 0) is 73.8 Å². The van der Waals surface area contributed by atoms with Crippen LogP contribution in [0.4, 0.5) is 18.9 Å². The van der Waals surface area contributed by atoms with Crippen molar-refractivity contribution in [1.82, 2.24) is 5.32 Å². The molecule has 2 aromatic carbocycles. The minimum Gasteiger partial charge on any atom is -0.406 e. The van der Waals surface area contributed by atoms with Gasteiger partial charge in [-0.25, -0.2) is 0 Å². The smallest absolute Gasteiger partial charge is 0.406 e. The minimum absolute atomic E-state index is 0.181. The van der Waals surface area contributed by atoms with Crippen molar-refractivity contribution < 1.29 is 17.9 Å². The van der Waals surface area contributed by atoms with Crippen LogP contribution in [0.15, 0.2) is 47.4 Å². The van der Waals surface area contributed by atoms with Crippen LogP contribution in [0.25, 0.3) is 0 Å². The minimum atomic E-state index is -4.66. The molecule has 0 radical (unpaired) electrons. The van der Waals surface area contributed by atoms with Crippen molar-refractivity contribution in [3.63, 3.8) is 0 Å². The van der Waals surface area contributed by atoms with Crippen LogP contribution in [0.5, 0.6) is 5.75 Å². The van der Waals surface area contributed by atoms with Crippen LogP contribution in [0.1, 0.15) is 24.0 Å². The molecule has 0 spiro atoms. The third-order valence-electron chi connectivity index (χ3n) is 5.26. The van der Waals surface area contributed by atoms with Gasteiger partial charge in [-0.15, -0.1) is 24.9 Å². The molecule has 7 heteroatoms. The molecule has 150 valence electrons. The topological polar surface area (TPSA) is 24.5 Å². The maximum absolute atomic E-state index is 12.4. The summed E-state index contributed by atoms with van der Waals surface area (Å²) in [5.41, 5.74) is 3.57. The number of benzene rings is 2. The maximum Gasteiger partial charge on any atom is 0.573 e. The highest BCUT2D eigenvalue weighted by atomic mass is 32.2. The third kappa shape index (κ3) is 4.75. The zero-order chi connectivity index (χ0) is 19.6. The average molecular weight is 408 g/mol. The number of fused-ring (bicyclic) bond motifs is 1. The Bertz CT molecular complexity index is 804. The van der Waals surface area contributed by atoms with E-state index >= 15 is 0 Å². The number of ether oxygens (including phenoxy) is 1. The Morgan fingerprint density at radius 1 is 1.07 bits per heavy atom. The predicted octanol–water partition coefficient (Wildman–Crippen LogP) is 4.99. The Hall–Kier alpha value is -1.86. The Labute approximate surface area is 167 Å². The lowest BCUT2D eigenvalue weighted by Gasteiger charge is -2.37. The fourth-order valence-corrected chi connectivity index (χ4v) is 4.95. The standard InChI is InChI=1S/C21H23F3N2OS/c22-21(23,24)27-19-4-1-15(2-5-19)14-26(17-7-10-25-11-8-17)18-3-6-20-16(13-18)9-12-28-20/h1-6,13,17,25H,7-12,14H2. The van der Waals surface area contributed by atoms with Gasteiger partial charge in [0.2, 0.25) is 0 Å². The number of rotatable bonds is 5. The number of halogens is 3. The summed E-state index contributed by atoms with van der Waals surface area (Å²) < 4.78 is 41.2. The van der Waals surface area contributed by atoms with Crippen molar-refractivity contribution in [2.45, 2.75) is 43.1 Å². The summed E-state index contributed by atoms with van der Waals surface area (Å²) in [6.45, 7) is 2.64. The molecule has 2 aromatic rings. The summed E-state index contributed by atoms with van der Waals surface area (Å²) in [6, 6.07) is 13.3. The van der Waals surface area contributed by atoms with E-state index in [2.05, 4.69) is 33.2 Å². The molecule has 0 aromatic heterocycles. The lowest BCUT2D eigenvalue weighted by atomic mass is 10.0. The number of piperidine rings is 1. The quantitative estimate of drug-likeness (QED) is 0.753. The molecule has 1 N–H and O–H groups in total. The third-order valence-corrected chi connectivity index (χ3v) is 6.38. The number of nitrogens with zero attached hydrogens (tertiary/aromatic N) is 1. The normalized spacial score (nSPS) is 17.4. The van der Waals surface area contributed by atoms with E-state index in [0.717, 1.165) is 43.7 Å². The molecule has 28 heavy (non-hydrogen) atoms. The van der Waals surface area contributed by atoms with Gasteiger partial charge >= 0.3 is 6.36 Å². The highest BCUT2D eigenvalue weighted by Crippen LogP contribution is 2.35. The second kappa shape index (κ2) is 8.25. The predicted molar refractivity (Wildman–Crippen MR) is 106 cm³/mol. The summed E-state index contributed by atoms with van der Waals surface area (Å²) >= 11 is 1.90. The summed E-state index contributed by atoms with van der Waals surface area (Å²) in [7, 11) is 0. The van der Waals surface area contributed by atoms with Gasteiger partial charge in [0.25, 0.3) is 0 Å². The average Bonchev–Trinajstić information content (AvgIpc) is 3.15. The molecule has 2 aliphatic heterocycles. The number of thioether (sulfide) groups is 1. The lowest BCUT2D eigenvalue weighted by Crippen LogP contribution is -2.43. The first-order valence-electron chi connectivity index (χ1n) is 9.56. The first-order chi connectivity index (χ1) is 13.5. The number of aryl methyl sites for hydroxylation is 1. The first kappa shape index (κ1) is 19.5. The second-order valence-corrected chi connectivity index (χ2v) is 8.33. The molecule has 0 bridgehead atoms. The lowest BCUT2D eigenvalue weighted by molar-refractivity contribution is -0.274. The number of alkyl halides is 3. The van der Waals surface area contributed by atoms with E-state index in [-0.39, 0.29) is 5.75 Å². The molecule has 0 amide bonds. The van der Waals surface area contributed by atoms with Gasteiger partial charge in [0, 0.05) is 28.9 Å². The van der Waals surface area contributed by atoms with Crippen molar-refractivity contribution in [1.29, 1.82) is 0 Å². The van der Waals surface area contributed by atoms with E-state index in [1.807, 2.05) is 11.8 Å². The Morgan fingerprint density at radius 2 is 1.82 bits per heavy atom. The Morgan fingerprint density at radius 3 is 2.54 bits per heavy atom. The van der Waals surface area contributed by atoms with Gasteiger partial charge < -0.3 is 15.0 Å². The SMILES string of the molecule is FC(F)(F)Oc1ccc(CN(c2ccc3c(c2)CCS3)C2CCNCC2)cc1. The fraction of sp³-hybridized carbons (Fsp3) is 0.429. The molecule has 4 rings (SSSR count). The van der Waals surface area contributed by atoms with Crippen molar-refractivity contribution in [2.24, 2.45) is 0 Å². The summed E-state index contributed by atoms with van der Waals surface area (Å²) in [4.78, 5) is 3.77. The molecule has 2 aliphatic rings. The van der Waals surface area contributed by atoms with Crippen LogP contribution >= 0.6 is 11.8 Å². The Balaban J connectivity index is 1.55. The molecule has 3 nitrogen and oxygen atoms in total. The zero-order valence-corrected chi connectivity index (χ0v) is 16.3. The van der Waals surface area contributed by atoms with Gasteiger partial charge in [0.1, 0.15) is 5.75 Å². The second-order valence-electron chi connectivity index (χ2n) is 7.19. The van der Waals surface area contributed by atoms with E-state index in [4.69, 9.17) is 0 Å². The molecule has 0 unspecified atom stereocenters. The van der Waals surface area contributed by atoms with E-state index in [9.17, 15) is 13.2 Å². The van der Waals surface area contributed by atoms with Crippen molar-refractivity contribution >= 4 is 17.4 Å². The van der Waals surface area contributed by atoms with Crippen LogP contribution in [0, 0.1) is 0 Å². The number of hydrogen-bond acceptors (Lipinski definition) is 4. The number of nitrogens with one attached hydrogen (secondary N) is 1. The highest BCUT2D eigenvalue weighted by molar-refractivity contribution is 7.99. The van der Waals surface area contributed by atoms with E-state index < -0.39 is 6.36 Å². The maximum atomic E-state index is 12.4. The summed E-state index contributed by atoms with van der Waals surface area (Å²) in [6.07, 6.45) is -1.45. The first-order valence-corrected chi connectivity index (χ1v) is 10.5. The van der Waals surface area contributed by atoms with Crippen molar-refractivity contribution in [2.75, 3.05) is 23.7 Å². The molecular formula is C21H23F3N2OS. The van der Waals surface area contributed by atoms with Gasteiger partial charge in [0.05, 0.1) is 0 Å². The highest BCUT2D eigenvalue weighted by Gasteiger charge is 2.31. The molecule has 1 fully saturated rings. The van der Waals surface area contributed by atoms with Crippen molar-refractivity contribution in [3.8, 4) is 5.75 Å². The zero-order valence-electron chi connectivity index (χ0n) is 15.5. The van der Waals surface area contributed by atoms with Crippen molar-refractivity contribution in [3.05, 3.63) is 53.6 Å². The van der Waals surface area contributed by atoms with Gasteiger partial charge in [0.15, 0.2) is 0 Å². The van der Waals surface area contributed by atoms with E-state index in [0.29, 0.717) is 12.6 Å². The van der Waals surface area contributed by atoms with Crippen LogP contribution in [-0.4, -0.2) is 31.2 Å². The molecule has 0 atom stereocenters. The number of hydrogen-bond donors (Lipinski definition) is 1. The summed E-state index contributed by atoms with van der Waals surface area (Å²) in [5, 5.41) is 3.40. The van der Waals surface area contributed by atoms with Crippen LogP contribution in [-0.2, 0) is 13.0 Å². The number of anilines is 1. The van der Waals surface area contributed by atoms with Gasteiger partial charge in [-0.1, -0.05) is 12.1 Å². The fourth-order valence-electron chi connectivity index (χ4n) is 3.89. The summed E-state index contributed by atoms with van der Waals surface area (Å²) in [5.74, 6) is 0.950. The molecule has 0 saturated carbocycles. The molecule has 0 aliphatic carbocycles. The molecule has 1 saturated heterocycles.